The molecule has 1 aliphatic carbocycles. The number of piperidine rings is 1. The molecule has 146 valence electrons. The largest absolute Gasteiger partial charge is 0.385 e. The number of pyridine rings is 1. The zero-order valence-electron chi connectivity index (χ0n) is 16.6. The SMILES string of the molecule is Cc1nc(CN2CC[C@@](O)(c3ccccc3)[C@H]3CCCC[C@@H]32)c2ccccn12. The summed E-state index contributed by atoms with van der Waals surface area (Å²) in [6, 6.07) is 17.1. The first-order valence-electron chi connectivity index (χ1n) is 10.6. The summed E-state index contributed by atoms with van der Waals surface area (Å²) in [5.41, 5.74) is 2.76. The van der Waals surface area contributed by atoms with Gasteiger partial charge in [0.05, 0.1) is 16.8 Å². The first-order valence-corrected chi connectivity index (χ1v) is 10.6. The fraction of sp³-hybridized carbons (Fsp3) is 0.458. The standard InChI is InChI=1S/C24H29N3O/c1-18-25-21(23-13-7-8-15-27(18)23)17-26-16-14-24(28,19-9-3-2-4-10-19)20-11-5-6-12-22(20)26/h2-4,7-10,13,15,20,22,28H,5-6,11-12,14,16-17H2,1H3/t20-,22-,24+/m0/s1. The molecule has 0 unspecified atom stereocenters. The predicted octanol–water partition coefficient (Wildman–Crippen LogP) is 4.30. The van der Waals surface area contributed by atoms with Crippen molar-refractivity contribution in [3.05, 3.63) is 71.8 Å². The van der Waals surface area contributed by atoms with Gasteiger partial charge in [-0.15, -0.1) is 0 Å². The number of imidazole rings is 1. The summed E-state index contributed by atoms with van der Waals surface area (Å²) in [7, 11) is 0. The summed E-state index contributed by atoms with van der Waals surface area (Å²) < 4.78 is 2.18. The Labute approximate surface area is 166 Å². The molecule has 0 bridgehead atoms. The van der Waals surface area contributed by atoms with Gasteiger partial charge >= 0.3 is 0 Å². The van der Waals surface area contributed by atoms with Crippen LogP contribution in [0.3, 0.4) is 0 Å². The van der Waals surface area contributed by atoms with Gasteiger partial charge in [-0.2, -0.15) is 0 Å². The lowest BCUT2D eigenvalue weighted by Gasteiger charge is -2.52. The van der Waals surface area contributed by atoms with E-state index < -0.39 is 5.60 Å². The topological polar surface area (TPSA) is 40.8 Å². The van der Waals surface area contributed by atoms with Crippen LogP contribution in [0.15, 0.2) is 54.7 Å². The Balaban J connectivity index is 1.46. The monoisotopic (exact) mass is 375 g/mol. The summed E-state index contributed by atoms with van der Waals surface area (Å²) in [6.07, 6.45) is 7.64. The summed E-state index contributed by atoms with van der Waals surface area (Å²) in [6.45, 7) is 3.86. The minimum absolute atomic E-state index is 0.298. The van der Waals surface area contributed by atoms with E-state index in [0.717, 1.165) is 43.0 Å². The third-order valence-corrected chi connectivity index (χ3v) is 7.02. The quantitative estimate of drug-likeness (QED) is 0.742. The second-order valence-electron chi connectivity index (χ2n) is 8.53. The smallest absolute Gasteiger partial charge is 0.110 e. The molecule has 28 heavy (non-hydrogen) atoms. The third-order valence-electron chi connectivity index (χ3n) is 7.02. The van der Waals surface area contributed by atoms with E-state index in [4.69, 9.17) is 4.98 Å². The van der Waals surface area contributed by atoms with Crippen molar-refractivity contribution in [2.45, 2.75) is 57.2 Å². The van der Waals surface area contributed by atoms with E-state index in [1.54, 1.807) is 0 Å². The zero-order valence-corrected chi connectivity index (χ0v) is 16.6. The lowest BCUT2D eigenvalue weighted by Crippen LogP contribution is -2.57. The molecule has 1 N–H and O–H groups in total. The molecule has 2 aliphatic rings. The number of likely N-dealkylation sites (tertiary alicyclic amines) is 1. The van der Waals surface area contributed by atoms with Crippen molar-refractivity contribution in [2.24, 2.45) is 5.92 Å². The number of aromatic nitrogens is 2. The Morgan fingerprint density at radius 2 is 1.86 bits per heavy atom. The molecule has 1 aromatic carbocycles. The van der Waals surface area contributed by atoms with Crippen molar-refractivity contribution in [1.29, 1.82) is 0 Å². The van der Waals surface area contributed by atoms with Gasteiger partial charge < -0.3 is 9.51 Å². The van der Waals surface area contributed by atoms with E-state index in [2.05, 4.69) is 64.9 Å². The molecule has 0 amide bonds. The summed E-state index contributed by atoms with van der Waals surface area (Å²) >= 11 is 0. The van der Waals surface area contributed by atoms with Crippen molar-refractivity contribution >= 4 is 5.52 Å². The fourth-order valence-electron chi connectivity index (χ4n) is 5.63. The van der Waals surface area contributed by atoms with Crippen LogP contribution in [0.5, 0.6) is 0 Å². The van der Waals surface area contributed by atoms with Gasteiger partial charge in [-0.25, -0.2) is 4.98 Å². The average Bonchev–Trinajstić information content (AvgIpc) is 3.07. The van der Waals surface area contributed by atoms with Crippen LogP contribution in [0, 0.1) is 12.8 Å². The lowest BCUT2D eigenvalue weighted by atomic mass is 9.66. The first kappa shape index (κ1) is 17.9. The molecule has 4 heteroatoms. The second kappa shape index (κ2) is 7.02. The highest BCUT2D eigenvalue weighted by molar-refractivity contribution is 5.53. The molecule has 4 nitrogen and oxygen atoms in total. The van der Waals surface area contributed by atoms with Crippen molar-refractivity contribution in [1.82, 2.24) is 14.3 Å². The molecule has 3 heterocycles. The molecular weight excluding hydrogens is 346 g/mol. The van der Waals surface area contributed by atoms with E-state index in [-0.39, 0.29) is 0 Å². The van der Waals surface area contributed by atoms with Gasteiger partial charge in [0.15, 0.2) is 0 Å². The first-order chi connectivity index (χ1) is 13.7. The number of aliphatic hydroxyl groups is 1. The Morgan fingerprint density at radius 3 is 2.71 bits per heavy atom. The molecule has 0 spiro atoms. The Bertz CT molecular complexity index is 966. The summed E-state index contributed by atoms with van der Waals surface area (Å²) in [5, 5.41) is 11.8. The maximum Gasteiger partial charge on any atom is 0.110 e. The Kier molecular flexibility index (Phi) is 4.48. The lowest BCUT2D eigenvalue weighted by molar-refractivity contribution is -0.123. The van der Waals surface area contributed by atoms with Crippen LogP contribution in [0.4, 0.5) is 0 Å². The molecule has 0 radical (unpaired) electrons. The van der Waals surface area contributed by atoms with Gasteiger partial charge in [-0.3, -0.25) is 4.90 Å². The Hall–Kier alpha value is -2.17. The van der Waals surface area contributed by atoms with Crippen LogP contribution >= 0.6 is 0 Å². The van der Waals surface area contributed by atoms with Gasteiger partial charge in [-0.05, 0) is 43.9 Å². The van der Waals surface area contributed by atoms with Crippen LogP contribution in [0.1, 0.15) is 49.2 Å². The highest BCUT2D eigenvalue weighted by atomic mass is 16.3. The minimum Gasteiger partial charge on any atom is -0.385 e. The molecular formula is C24H29N3O. The highest BCUT2D eigenvalue weighted by Crippen LogP contribution is 2.47. The molecule has 2 fully saturated rings. The molecule has 5 rings (SSSR count). The number of aryl methyl sites for hydroxylation is 1. The van der Waals surface area contributed by atoms with Gasteiger partial charge in [-0.1, -0.05) is 49.2 Å². The summed E-state index contributed by atoms with van der Waals surface area (Å²) in [5.74, 6) is 1.34. The number of rotatable bonds is 3. The van der Waals surface area contributed by atoms with Crippen LogP contribution < -0.4 is 0 Å². The maximum absolute atomic E-state index is 11.8. The van der Waals surface area contributed by atoms with Crippen molar-refractivity contribution < 1.29 is 5.11 Å². The normalized spacial score (nSPS) is 28.4. The van der Waals surface area contributed by atoms with Crippen molar-refractivity contribution in [2.75, 3.05) is 6.54 Å². The van der Waals surface area contributed by atoms with Gasteiger partial charge in [0, 0.05) is 31.2 Å². The van der Waals surface area contributed by atoms with Crippen molar-refractivity contribution in [3.63, 3.8) is 0 Å². The Morgan fingerprint density at radius 1 is 1.07 bits per heavy atom. The molecule has 2 aromatic heterocycles. The van der Waals surface area contributed by atoms with E-state index in [1.165, 1.54) is 24.8 Å². The zero-order chi connectivity index (χ0) is 19.1. The van der Waals surface area contributed by atoms with Crippen LogP contribution in [-0.2, 0) is 12.1 Å². The molecule has 3 aromatic rings. The second-order valence-corrected chi connectivity index (χ2v) is 8.53. The van der Waals surface area contributed by atoms with E-state index in [0.29, 0.717) is 12.0 Å². The maximum atomic E-state index is 11.8. The molecule has 1 aliphatic heterocycles. The molecule has 3 atom stereocenters. The van der Waals surface area contributed by atoms with Crippen LogP contribution in [0.2, 0.25) is 0 Å². The third kappa shape index (κ3) is 2.87. The number of benzene rings is 1. The fourth-order valence-corrected chi connectivity index (χ4v) is 5.63. The number of fused-ring (bicyclic) bond motifs is 2. The number of nitrogens with zero attached hydrogens (tertiary/aromatic N) is 3. The van der Waals surface area contributed by atoms with E-state index in [9.17, 15) is 5.11 Å². The van der Waals surface area contributed by atoms with Crippen LogP contribution in [0.25, 0.3) is 5.52 Å². The van der Waals surface area contributed by atoms with Crippen LogP contribution in [-0.4, -0.2) is 32.0 Å². The van der Waals surface area contributed by atoms with E-state index >= 15 is 0 Å². The highest BCUT2D eigenvalue weighted by Gasteiger charge is 2.49. The minimum atomic E-state index is -0.699. The number of hydrogen-bond donors (Lipinski definition) is 1. The van der Waals surface area contributed by atoms with Crippen molar-refractivity contribution in [3.8, 4) is 0 Å². The molecule has 1 saturated heterocycles. The van der Waals surface area contributed by atoms with Gasteiger partial charge in [0.2, 0.25) is 0 Å². The van der Waals surface area contributed by atoms with Gasteiger partial charge in [0.25, 0.3) is 0 Å². The predicted molar refractivity (Wildman–Crippen MR) is 111 cm³/mol. The van der Waals surface area contributed by atoms with E-state index in [1.807, 2.05) is 6.07 Å². The molecule has 1 saturated carbocycles. The van der Waals surface area contributed by atoms with Gasteiger partial charge in [0.1, 0.15) is 5.82 Å². The summed E-state index contributed by atoms with van der Waals surface area (Å²) in [4.78, 5) is 7.47. The number of hydrogen-bond acceptors (Lipinski definition) is 3. The average molecular weight is 376 g/mol.